The van der Waals surface area contributed by atoms with Gasteiger partial charge in [-0.2, -0.15) is 0 Å². The average Bonchev–Trinajstić information content (AvgIpc) is 2.68. The van der Waals surface area contributed by atoms with Crippen LogP contribution in [-0.4, -0.2) is 24.7 Å². The topological polar surface area (TPSA) is 24.1 Å². The molecule has 0 radical (unpaired) electrons. The minimum Gasteiger partial charge on any atom is -0.314 e. The first kappa shape index (κ1) is 15.3. The summed E-state index contributed by atoms with van der Waals surface area (Å²) in [5.74, 6) is 1.01. The maximum absolute atomic E-state index is 3.89. The monoisotopic (exact) mass is 266 g/mol. The Morgan fingerprint density at radius 1 is 1.05 bits per heavy atom. The summed E-state index contributed by atoms with van der Waals surface area (Å²) in [6, 6.07) is 2.24. The van der Waals surface area contributed by atoms with Gasteiger partial charge in [-0.25, -0.2) is 0 Å². The summed E-state index contributed by atoms with van der Waals surface area (Å²) in [7, 11) is 0. The van der Waals surface area contributed by atoms with Crippen molar-refractivity contribution in [3.63, 3.8) is 0 Å². The standard InChI is InChI=1S/C17H34N2/c1-3-15-8-10-16(11-9-15)19-14(2)13-17-7-5-4-6-12-18-17/h14-19H,3-13H2,1-2H3. The van der Waals surface area contributed by atoms with Crippen LogP contribution in [0.15, 0.2) is 0 Å². The maximum Gasteiger partial charge on any atom is 0.00817 e. The Morgan fingerprint density at radius 2 is 1.84 bits per heavy atom. The quantitative estimate of drug-likeness (QED) is 0.789. The number of hydrogen-bond donors (Lipinski definition) is 2. The molecule has 0 spiro atoms. The minimum absolute atomic E-state index is 0.679. The Bertz CT molecular complexity index is 225. The van der Waals surface area contributed by atoms with Crippen molar-refractivity contribution >= 4 is 0 Å². The van der Waals surface area contributed by atoms with Crippen molar-refractivity contribution < 1.29 is 0 Å². The molecule has 0 aromatic rings. The normalized spacial score (nSPS) is 34.7. The Kier molecular flexibility index (Phi) is 6.66. The van der Waals surface area contributed by atoms with Gasteiger partial charge in [0.2, 0.25) is 0 Å². The van der Waals surface area contributed by atoms with Gasteiger partial charge in [0, 0.05) is 18.1 Å². The number of hydrogen-bond acceptors (Lipinski definition) is 2. The predicted molar refractivity (Wildman–Crippen MR) is 83.5 cm³/mol. The zero-order chi connectivity index (χ0) is 13.5. The van der Waals surface area contributed by atoms with E-state index in [9.17, 15) is 0 Å². The van der Waals surface area contributed by atoms with Crippen LogP contribution < -0.4 is 10.6 Å². The first-order valence-corrected chi connectivity index (χ1v) is 8.77. The van der Waals surface area contributed by atoms with Crippen LogP contribution >= 0.6 is 0 Å². The van der Waals surface area contributed by atoms with Gasteiger partial charge in [-0.15, -0.1) is 0 Å². The van der Waals surface area contributed by atoms with E-state index in [2.05, 4.69) is 24.5 Å². The highest BCUT2D eigenvalue weighted by molar-refractivity contribution is 4.82. The summed E-state index contributed by atoms with van der Waals surface area (Å²) < 4.78 is 0. The van der Waals surface area contributed by atoms with Gasteiger partial charge in [-0.05, 0) is 64.3 Å². The van der Waals surface area contributed by atoms with Crippen molar-refractivity contribution in [3.8, 4) is 0 Å². The van der Waals surface area contributed by atoms with E-state index >= 15 is 0 Å². The Morgan fingerprint density at radius 3 is 2.58 bits per heavy atom. The van der Waals surface area contributed by atoms with Crippen LogP contribution in [0.1, 0.15) is 78.1 Å². The second-order valence-corrected chi connectivity index (χ2v) is 6.93. The molecule has 1 saturated heterocycles. The first-order valence-electron chi connectivity index (χ1n) is 8.77. The first-order chi connectivity index (χ1) is 9.28. The molecule has 2 heteroatoms. The third kappa shape index (κ3) is 5.43. The fraction of sp³-hybridized carbons (Fsp3) is 1.00. The molecule has 1 aliphatic heterocycles. The van der Waals surface area contributed by atoms with E-state index in [-0.39, 0.29) is 0 Å². The van der Waals surface area contributed by atoms with Gasteiger partial charge in [0.1, 0.15) is 0 Å². The minimum atomic E-state index is 0.679. The second-order valence-electron chi connectivity index (χ2n) is 6.93. The molecule has 2 rings (SSSR count). The molecule has 1 saturated carbocycles. The summed E-state index contributed by atoms with van der Waals surface area (Å²) in [4.78, 5) is 0. The molecule has 2 fully saturated rings. The van der Waals surface area contributed by atoms with Crippen LogP contribution in [0.4, 0.5) is 0 Å². The molecule has 0 aromatic heterocycles. The van der Waals surface area contributed by atoms with Gasteiger partial charge < -0.3 is 10.6 Å². The molecule has 0 aromatic carbocycles. The van der Waals surface area contributed by atoms with Crippen LogP contribution in [0.2, 0.25) is 0 Å². The van der Waals surface area contributed by atoms with E-state index in [0.717, 1.165) is 18.0 Å². The molecule has 2 N–H and O–H groups in total. The highest BCUT2D eigenvalue weighted by Crippen LogP contribution is 2.27. The van der Waals surface area contributed by atoms with Gasteiger partial charge >= 0.3 is 0 Å². The lowest BCUT2D eigenvalue weighted by molar-refractivity contribution is 0.262. The van der Waals surface area contributed by atoms with Crippen LogP contribution in [0.5, 0.6) is 0 Å². The van der Waals surface area contributed by atoms with E-state index in [1.807, 2.05) is 0 Å². The van der Waals surface area contributed by atoms with E-state index in [1.54, 1.807) is 0 Å². The van der Waals surface area contributed by atoms with Gasteiger partial charge in [-0.1, -0.05) is 26.2 Å². The van der Waals surface area contributed by atoms with Gasteiger partial charge in [0.15, 0.2) is 0 Å². The fourth-order valence-corrected chi connectivity index (χ4v) is 3.94. The summed E-state index contributed by atoms with van der Waals surface area (Å²) >= 11 is 0. The summed E-state index contributed by atoms with van der Waals surface area (Å²) in [5.41, 5.74) is 0. The zero-order valence-electron chi connectivity index (χ0n) is 13.1. The van der Waals surface area contributed by atoms with Crippen LogP contribution in [-0.2, 0) is 0 Å². The number of rotatable bonds is 5. The zero-order valence-corrected chi connectivity index (χ0v) is 13.1. The van der Waals surface area contributed by atoms with Crippen molar-refractivity contribution in [3.05, 3.63) is 0 Å². The highest BCUT2D eigenvalue weighted by Gasteiger charge is 2.22. The molecule has 112 valence electrons. The van der Waals surface area contributed by atoms with Crippen molar-refractivity contribution in [1.82, 2.24) is 10.6 Å². The molecule has 2 unspecified atom stereocenters. The van der Waals surface area contributed by atoms with Gasteiger partial charge in [-0.3, -0.25) is 0 Å². The lowest BCUT2D eigenvalue weighted by Gasteiger charge is -2.32. The fourth-order valence-electron chi connectivity index (χ4n) is 3.94. The lowest BCUT2D eigenvalue weighted by Crippen LogP contribution is -2.42. The molecule has 2 nitrogen and oxygen atoms in total. The smallest absolute Gasteiger partial charge is 0.00817 e. The van der Waals surface area contributed by atoms with Crippen molar-refractivity contribution in [2.75, 3.05) is 6.54 Å². The Balaban J connectivity index is 1.64. The van der Waals surface area contributed by atoms with E-state index in [4.69, 9.17) is 0 Å². The summed E-state index contributed by atoms with van der Waals surface area (Å²) in [5, 5.41) is 7.62. The highest BCUT2D eigenvalue weighted by atomic mass is 15.0. The largest absolute Gasteiger partial charge is 0.314 e. The molecular weight excluding hydrogens is 232 g/mol. The van der Waals surface area contributed by atoms with E-state index < -0.39 is 0 Å². The third-order valence-corrected chi connectivity index (χ3v) is 5.24. The molecule has 1 aliphatic carbocycles. The molecule has 2 atom stereocenters. The Hall–Kier alpha value is -0.0800. The van der Waals surface area contributed by atoms with Crippen LogP contribution in [0.3, 0.4) is 0 Å². The SMILES string of the molecule is CCC1CCC(NC(C)CC2CCCCCN2)CC1. The maximum atomic E-state index is 3.89. The van der Waals surface area contributed by atoms with Crippen LogP contribution in [0, 0.1) is 5.92 Å². The molecule has 0 bridgehead atoms. The molecule has 19 heavy (non-hydrogen) atoms. The average molecular weight is 266 g/mol. The second kappa shape index (κ2) is 8.26. The molecule has 1 heterocycles. The lowest BCUT2D eigenvalue weighted by atomic mass is 9.84. The summed E-state index contributed by atoms with van der Waals surface area (Å²) in [6.45, 7) is 5.97. The van der Waals surface area contributed by atoms with Gasteiger partial charge in [0.25, 0.3) is 0 Å². The van der Waals surface area contributed by atoms with Crippen LogP contribution in [0.25, 0.3) is 0 Å². The Labute approximate surface area is 120 Å². The number of nitrogens with one attached hydrogen (secondary N) is 2. The third-order valence-electron chi connectivity index (χ3n) is 5.24. The van der Waals surface area contributed by atoms with E-state index in [1.165, 1.54) is 70.8 Å². The molecule has 2 aliphatic rings. The van der Waals surface area contributed by atoms with Crippen molar-refractivity contribution in [2.45, 2.75) is 96.2 Å². The summed E-state index contributed by atoms with van der Waals surface area (Å²) in [6.07, 6.45) is 14.0. The van der Waals surface area contributed by atoms with Crippen molar-refractivity contribution in [1.29, 1.82) is 0 Å². The predicted octanol–water partition coefficient (Wildman–Crippen LogP) is 3.86. The molecular formula is C17H34N2. The van der Waals surface area contributed by atoms with E-state index in [0.29, 0.717) is 6.04 Å². The van der Waals surface area contributed by atoms with Gasteiger partial charge in [0.05, 0.1) is 0 Å². The van der Waals surface area contributed by atoms with Crippen molar-refractivity contribution in [2.24, 2.45) is 5.92 Å². The molecule has 0 amide bonds.